The van der Waals surface area contributed by atoms with Crippen molar-refractivity contribution in [3.8, 4) is 0 Å². The first kappa shape index (κ1) is 29.1. The van der Waals surface area contributed by atoms with Crippen LogP contribution in [0.3, 0.4) is 0 Å². The molecular formula is C27H42N3O4+. The van der Waals surface area contributed by atoms with Gasteiger partial charge in [0.2, 0.25) is 11.8 Å². The third-order valence-corrected chi connectivity index (χ3v) is 4.75. The topological polar surface area (TPSA) is 75.7 Å². The van der Waals surface area contributed by atoms with Crippen LogP contribution < -0.4 is 5.32 Å². The molecule has 1 rings (SSSR count). The van der Waals surface area contributed by atoms with Gasteiger partial charge in [0.05, 0.1) is 39.9 Å². The van der Waals surface area contributed by atoms with E-state index in [9.17, 15) is 14.4 Å². The number of allylic oxidation sites excluding steroid dienone is 1. The van der Waals surface area contributed by atoms with Crippen molar-refractivity contribution in [2.75, 3.05) is 40.8 Å². The van der Waals surface area contributed by atoms with Crippen LogP contribution in [0.15, 0.2) is 48.6 Å². The van der Waals surface area contributed by atoms with Crippen molar-refractivity contribution in [1.82, 2.24) is 10.2 Å². The molecule has 1 N–H and O–H groups in total. The van der Waals surface area contributed by atoms with E-state index in [0.29, 0.717) is 17.7 Å². The molecule has 188 valence electrons. The zero-order chi connectivity index (χ0) is 26.1. The third-order valence-electron chi connectivity index (χ3n) is 4.75. The Morgan fingerprint density at radius 1 is 1.12 bits per heavy atom. The molecule has 0 radical (unpaired) electrons. The summed E-state index contributed by atoms with van der Waals surface area (Å²) in [7, 11) is 6.26. The molecule has 0 aromatic heterocycles. The van der Waals surface area contributed by atoms with Gasteiger partial charge >= 0.3 is 5.97 Å². The summed E-state index contributed by atoms with van der Waals surface area (Å²) in [6.07, 6.45) is 3.87. The van der Waals surface area contributed by atoms with E-state index in [1.54, 1.807) is 30.3 Å². The minimum atomic E-state index is -0.880. The molecule has 1 aromatic carbocycles. The van der Waals surface area contributed by atoms with Crippen LogP contribution in [-0.2, 0) is 14.3 Å². The minimum absolute atomic E-state index is 0.195. The van der Waals surface area contributed by atoms with Gasteiger partial charge in [0.15, 0.2) is 0 Å². The van der Waals surface area contributed by atoms with Gasteiger partial charge < -0.3 is 19.4 Å². The molecule has 0 saturated carbocycles. The van der Waals surface area contributed by atoms with E-state index >= 15 is 0 Å². The molecule has 1 atom stereocenters. The van der Waals surface area contributed by atoms with E-state index in [4.69, 9.17) is 4.74 Å². The maximum absolute atomic E-state index is 13.3. The molecule has 34 heavy (non-hydrogen) atoms. The third kappa shape index (κ3) is 10.3. The maximum atomic E-state index is 13.3. The van der Waals surface area contributed by atoms with Gasteiger partial charge in [0.1, 0.15) is 6.04 Å². The van der Waals surface area contributed by atoms with Crippen molar-refractivity contribution < 1.29 is 23.6 Å². The Labute approximate surface area is 205 Å². The summed E-state index contributed by atoms with van der Waals surface area (Å²) in [6.45, 7) is 14.5. The lowest BCUT2D eigenvalue weighted by Gasteiger charge is -2.32. The van der Waals surface area contributed by atoms with Crippen LogP contribution >= 0.6 is 0 Å². The number of amides is 2. The number of carbonyl (C=O) groups excluding carboxylic acids is 3. The molecule has 0 aliphatic carbocycles. The average Bonchev–Trinajstić information content (AvgIpc) is 2.68. The molecule has 7 nitrogen and oxygen atoms in total. The second-order valence-electron chi connectivity index (χ2n) is 10.8. The molecule has 0 heterocycles. The quantitative estimate of drug-likeness (QED) is 0.174. The summed E-state index contributed by atoms with van der Waals surface area (Å²) in [6, 6.07) is 5.77. The van der Waals surface area contributed by atoms with Crippen molar-refractivity contribution in [1.29, 1.82) is 0 Å². The van der Waals surface area contributed by atoms with Gasteiger partial charge in [-0.3, -0.25) is 9.59 Å². The van der Waals surface area contributed by atoms with Crippen LogP contribution in [0, 0.1) is 0 Å². The molecule has 1 aromatic rings. The molecule has 0 fully saturated rings. The second kappa shape index (κ2) is 12.5. The smallest absolute Gasteiger partial charge is 0.338 e. The van der Waals surface area contributed by atoms with Crippen LogP contribution in [0.2, 0.25) is 0 Å². The van der Waals surface area contributed by atoms with E-state index in [-0.39, 0.29) is 18.4 Å². The van der Waals surface area contributed by atoms with Crippen LogP contribution in [0.25, 0.3) is 0 Å². The number of esters is 1. The molecule has 0 aliphatic heterocycles. The number of nitrogens with one attached hydrogen (secondary N) is 1. The lowest BCUT2D eigenvalue weighted by atomic mass is 10.00. The van der Waals surface area contributed by atoms with Crippen molar-refractivity contribution in [3.63, 3.8) is 0 Å². The van der Waals surface area contributed by atoms with Crippen molar-refractivity contribution >= 4 is 17.8 Å². The molecular weight excluding hydrogens is 430 g/mol. The maximum Gasteiger partial charge on any atom is 0.338 e. The zero-order valence-electron chi connectivity index (χ0n) is 22.1. The zero-order valence-corrected chi connectivity index (χ0v) is 22.1. The predicted octanol–water partition coefficient (Wildman–Crippen LogP) is 3.88. The van der Waals surface area contributed by atoms with E-state index in [0.717, 1.165) is 23.0 Å². The summed E-state index contributed by atoms with van der Waals surface area (Å²) >= 11 is 0. The fraction of sp³-hybridized carbons (Fsp3) is 0.519. The van der Waals surface area contributed by atoms with Crippen molar-refractivity contribution in [2.24, 2.45) is 0 Å². The van der Waals surface area contributed by atoms with Gasteiger partial charge in [-0.2, -0.15) is 0 Å². The molecule has 0 aliphatic rings. The van der Waals surface area contributed by atoms with E-state index in [1.807, 2.05) is 34.6 Å². The number of nitrogens with zero attached hydrogens (tertiary/aromatic N) is 2. The Kier molecular flexibility index (Phi) is 10.7. The molecule has 0 spiro atoms. The second-order valence-corrected chi connectivity index (χ2v) is 10.8. The highest BCUT2D eigenvalue weighted by atomic mass is 16.5. The number of quaternary nitrogens is 1. The van der Waals surface area contributed by atoms with Gasteiger partial charge in [0.25, 0.3) is 0 Å². The number of hydrogen-bond donors (Lipinski definition) is 1. The molecule has 1 unspecified atom stereocenters. The predicted molar refractivity (Wildman–Crippen MR) is 136 cm³/mol. The largest absolute Gasteiger partial charge is 0.462 e. The number of ether oxygens (including phenoxy) is 1. The van der Waals surface area contributed by atoms with Gasteiger partial charge in [-0.15, -0.1) is 6.58 Å². The Morgan fingerprint density at radius 2 is 1.71 bits per heavy atom. The van der Waals surface area contributed by atoms with Gasteiger partial charge in [-0.05, 0) is 52.3 Å². The number of rotatable bonds is 11. The first-order valence-corrected chi connectivity index (χ1v) is 11.6. The monoisotopic (exact) mass is 472 g/mol. The van der Waals surface area contributed by atoms with Crippen molar-refractivity contribution in [3.05, 3.63) is 59.7 Å². The highest BCUT2D eigenvalue weighted by Gasteiger charge is 2.32. The Morgan fingerprint density at radius 3 is 2.18 bits per heavy atom. The van der Waals surface area contributed by atoms with Crippen LogP contribution in [0.1, 0.15) is 63.0 Å². The highest BCUT2D eigenvalue weighted by Crippen LogP contribution is 2.24. The SMILES string of the molecule is C=CCN(C(=O)C=C(C)C)C(C(=O)NC(C)(C)C)c1ccc(C(=O)OCCC[N+](C)(C)C)cc1. The Bertz CT molecular complexity index is 886. The standard InChI is InChI=1S/C27H41N3O4/c1-10-16-29(23(31)19-20(2)3)24(25(32)28-27(4,5)6)21-12-14-22(15-13-21)26(33)34-18-11-17-30(7,8)9/h10,12-15,19,24H,1,11,16-18H2,2-9H3/p+1. The lowest BCUT2D eigenvalue weighted by Crippen LogP contribution is -2.49. The van der Waals surface area contributed by atoms with Crippen LogP contribution in [0.4, 0.5) is 0 Å². The van der Waals surface area contributed by atoms with Gasteiger partial charge in [-0.25, -0.2) is 4.79 Å². The minimum Gasteiger partial charge on any atom is -0.462 e. The summed E-state index contributed by atoms with van der Waals surface area (Å²) < 4.78 is 6.19. The summed E-state index contributed by atoms with van der Waals surface area (Å²) in [5, 5.41) is 2.97. The number of benzene rings is 1. The number of hydrogen-bond acceptors (Lipinski definition) is 4. The Hall–Kier alpha value is -2.93. The normalized spacial score (nSPS) is 12.4. The van der Waals surface area contributed by atoms with Gasteiger partial charge in [0, 0.05) is 24.6 Å². The summed E-state index contributed by atoms with van der Waals surface area (Å²) in [4.78, 5) is 40.2. The fourth-order valence-electron chi connectivity index (χ4n) is 3.29. The molecule has 0 saturated heterocycles. The Balaban J connectivity index is 3.18. The van der Waals surface area contributed by atoms with E-state index in [2.05, 4.69) is 33.0 Å². The average molecular weight is 473 g/mol. The fourth-order valence-corrected chi connectivity index (χ4v) is 3.29. The molecule has 2 amide bonds. The van der Waals surface area contributed by atoms with E-state index in [1.165, 1.54) is 11.0 Å². The summed E-state index contributed by atoms with van der Waals surface area (Å²) in [5.74, 6) is -0.998. The number of carbonyl (C=O) groups is 3. The van der Waals surface area contributed by atoms with Gasteiger partial charge in [-0.1, -0.05) is 23.8 Å². The first-order valence-electron chi connectivity index (χ1n) is 11.6. The van der Waals surface area contributed by atoms with Crippen molar-refractivity contribution in [2.45, 2.75) is 52.6 Å². The molecule has 0 bridgehead atoms. The van der Waals surface area contributed by atoms with E-state index < -0.39 is 17.6 Å². The van der Waals surface area contributed by atoms with Crippen LogP contribution in [0.5, 0.6) is 0 Å². The summed E-state index contributed by atoms with van der Waals surface area (Å²) in [5.41, 5.74) is 1.34. The highest BCUT2D eigenvalue weighted by molar-refractivity contribution is 5.94. The molecule has 7 heteroatoms. The lowest BCUT2D eigenvalue weighted by molar-refractivity contribution is -0.870. The van der Waals surface area contributed by atoms with Crippen LogP contribution in [-0.4, -0.2) is 73.5 Å². The first-order chi connectivity index (χ1) is 15.6.